The van der Waals surface area contributed by atoms with Crippen molar-refractivity contribution in [1.82, 2.24) is 14.7 Å². The fourth-order valence-corrected chi connectivity index (χ4v) is 1.70. The predicted molar refractivity (Wildman–Crippen MR) is 65.7 cm³/mol. The van der Waals surface area contributed by atoms with E-state index < -0.39 is 5.97 Å². The van der Waals surface area contributed by atoms with E-state index in [9.17, 15) is 4.79 Å². The Morgan fingerprint density at radius 1 is 1.53 bits per heavy atom. The minimum absolute atomic E-state index is 0.191. The van der Waals surface area contributed by atoms with Gasteiger partial charge in [-0.05, 0) is 13.0 Å². The van der Waals surface area contributed by atoms with E-state index in [0.29, 0.717) is 6.54 Å². The zero-order valence-electron chi connectivity index (χ0n) is 10.6. The standard InChI is InChI=1S/C12H21N3O2/c1-3-6-15-10-11(8-13-15)9-14(4-2)7-5-12(16)17/h8,10H,3-7,9H2,1-2H3,(H,16,17). The Labute approximate surface area is 102 Å². The van der Waals surface area contributed by atoms with E-state index in [1.165, 1.54) is 0 Å². The molecule has 0 radical (unpaired) electrons. The molecule has 0 aliphatic carbocycles. The average Bonchev–Trinajstić information content (AvgIpc) is 2.72. The smallest absolute Gasteiger partial charge is 0.304 e. The fraction of sp³-hybridized carbons (Fsp3) is 0.667. The highest BCUT2D eigenvalue weighted by Crippen LogP contribution is 2.05. The Morgan fingerprint density at radius 3 is 2.88 bits per heavy atom. The van der Waals surface area contributed by atoms with Crippen molar-refractivity contribution in [3.63, 3.8) is 0 Å². The van der Waals surface area contributed by atoms with Crippen LogP contribution >= 0.6 is 0 Å². The normalized spacial score (nSPS) is 11.0. The summed E-state index contributed by atoms with van der Waals surface area (Å²) in [6.07, 6.45) is 5.15. The Kier molecular flexibility index (Phi) is 5.69. The Hall–Kier alpha value is -1.36. The number of hydrogen-bond donors (Lipinski definition) is 1. The molecule has 0 bridgehead atoms. The van der Waals surface area contributed by atoms with Gasteiger partial charge in [0.1, 0.15) is 0 Å². The summed E-state index contributed by atoms with van der Waals surface area (Å²) >= 11 is 0. The number of aryl methyl sites for hydroxylation is 1. The van der Waals surface area contributed by atoms with Crippen LogP contribution in [0.25, 0.3) is 0 Å². The molecule has 1 heterocycles. The van der Waals surface area contributed by atoms with Crippen molar-refractivity contribution in [2.45, 2.75) is 39.8 Å². The lowest BCUT2D eigenvalue weighted by atomic mass is 10.3. The van der Waals surface area contributed by atoms with Crippen molar-refractivity contribution in [3.8, 4) is 0 Å². The molecule has 0 atom stereocenters. The van der Waals surface area contributed by atoms with Gasteiger partial charge in [0.2, 0.25) is 0 Å². The Morgan fingerprint density at radius 2 is 2.29 bits per heavy atom. The van der Waals surface area contributed by atoms with Crippen molar-refractivity contribution in [2.24, 2.45) is 0 Å². The van der Waals surface area contributed by atoms with Crippen molar-refractivity contribution < 1.29 is 9.90 Å². The molecule has 0 aliphatic rings. The van der Waals surface area contributed by atoms with Crippen LogP contribution in [0.3, 0.4) is 0 Å². The summed E-state index contributed by atoms with van der Waals surface area (Å²) in [5.41, 5.74) is 1.14. The molecule has 0 saturated heterocycles. The third-order valence-electron chi connectivity index (χ3n) is 2.63. The van der Waals surface area contributed by atoms with Crippen LogP contribution < -0.4 is 0 Å². The van der Waals surface area contributed by atoms with Gasteiger partial charge in [0.15, 0.2) is 0 Å². The van der Waals surface area contributed by atoms with Gasteiger partial charge in [0.25, 0.3) is 0 Å². The second-order valence-electron chi connectivity index (χ2n) is 4.12. The highest BCUT2D eigenvalue weighted by Gasteiger charge is 2.07. The van der Waals surface area contributed by atoms with Crippen LogP contribution in [0.2, 0.25) is 0 Å². The summed E-state index contributed by atoms with van der Waals surface area (Å²) in [6.45, 7) is 7.30. The molecular formula is C12H21N3O2. The molecule has 5 nitrogen and oxygen atoms in total. The Balaban J connectivity index is 2.45. The van der Waals surface area contributed by atoms with E-state index in [1.54, 1.807) is 0 Å². The van der Waals surface area contributed by atoms with Crippen LogP contribution in [0, 0.1) is 0 Å². The first-order valence-electron chi connectivity index (χ1n) is 6.11. The Bertz CT molecular complexity index is 349. The van der Waals surface area contributed by atoms with Crippen molar-refractivity contribution in [1.29, 1.82) is 0 Å². The lowest BCUT2D eigenvalue weighted by Crippen LogP contribution is -2.25. The molecule has 1 rings (SSSR count). The molecule has 1 N–H and O–H groups in total. The van der Waals surface area contributed by atoms with Crippen LogP contribution in [0.1, 0.15) is 32.3 Å². The summed E-state index contributed by atoms with van der Waals surface area (Å²) in [7, 11) is 0. The quantitative estimate of drug-likeness (QED) is 0.748. The van der Waals surface area contributed by atoms with Gasteiger partial charge in [0.05, 0.1) is 12.6 Å². The molecule has 17 heavy (non-hydrogen) atoms. The monoisotopic (exact) mass is 239 g/mol. The first kappa shape index (κ1) is 13.7. The number of aromatic nitrogens is 2. The maximum Gasteiger partial charge on any atom is 0.304 e. The van der Waals surface area contributed by atoms with Gasteiger partial charge in [-0.25, -0.2) is 0 Å². The largest absolute Gasteiger partial charge is 0.481 e. The molecule has 0 aromatic carbocycles. The minimum Gasteiger partial charge on any atom is -0.481 e. The van der Waals surface area contributed by atoms with E-state index in [2.05, 4.69) is 16.9 Å². The van der Waals surface area contributed by atoms with Gasteiger partial charge in [0, 0.05) is 31.4 Å². The van der Waals surface area contributed by atoms with Gasteiger partial charge in [-0.3, -0.25) is 14.4 Å². The van der Waals surface area contributed by atoms with Gasteiger partial charge >= 0.3 is 5.97 Å². The number of carbonyl (C=O) groups is 1. The maximum atomic E-state index is 10.5. The molecule has 0 saturated carbocycles. The molecule has 0 unspecified atom stereocenters. The predicted octanol–water partition coefficient (Wildman–Crippen LogP) is 1.59. The van der Waals surface area contributed by atoms with Gasteiger partial charge in [-0.15, -0.1) is 0 Å². The lowest BCUT2D eigenvalue weighted by molar-refractivity contribution is -0.137. The number of hydrogen-bond acceptors (Lipinski definition) is 3. The van der Waals surface area contributed by atoms with Crippen LogP contribution in [0.5, 0.6) is 0 Å². The van der Waals surface area contributed by atoms with Crippen molar-refractivity contribution >= 4 is 5.97 Å². The molecule has 1 aromatic rings. The molecule has 0 amide bonds. The topological polar surface area (TPSA) is 58.4 Å². The number of rotatable bonds is 8. The van der Waals surface area contributed by atoms with E-state index in [0.717, 1.165) is 31.6 Å². The second-order valence-corrected chi connectivity index (χ2v) is 4.12. The zero-order valence-corrected chi connectivity index (χ0v) is 10.6. The summed E-state index contributed by atoms with van der Waals surface area (Å²) in [5, 5.41) is 12.9. The SMILES string of the molecule is CCCn1cc(CN(CC)CCC(=O)O)cn1. The van der Waals surface area contributed by atoms with Crippen LogP contribution in [0.4, 0.5) is 0 Å². The molecule has 1 aromatic heterocycles. The van der Waals surface area contributed by atoms with Crippen LogP contribution in [-0.2, 0) is 17.9 Å². The summed E-state index contributed by atoms with van der Waals surface area (Å²) in [4.78, 5) is 12.6. The van der Waals surface area contributed by atoms with Gasteiger partial charge in [-0.2, -0.15) is 5.10 Å². The van der Waals surface area contributed by atoms with E-state index in [4.69, 9.17) is 5.11 Å². The lowest BCUT2D eigenvalue weighted by Gasteiger charge is -2.18. The zero-order chi connectivity index (χ0) is 12.7. The number of carboxylic acids is 1. The van der Waals surface area contributed by atoms with Crippen molar-refractivity contribution in [2.75, 3.05) is 13.1 Å². The average molecular weight is 239 g/mol. The molecule has 5 heteroatoms. The van der Waals surface area contributed by atoms with E-state index >= 15 is 0 Å². The molecule has 96 valence electrons. The van der Waals surface area contributed by atoms with E-state index in [-0.39, 0.29) is 6.42 Å². The fourth-order valence-electron chi connectivity index (χ4n) is 1.70. The first-order valence-corrected chi connectivity index (χ1v) is 6.11. The van der Waals surface area contributed by atoms with Crippen molar-refractivity contribution in [3.05, 3.63) is 18.0 Å². The molecule has 0 aliphatic heterocycles. The third-order valence-corrected chi connectivity index (χ3v) is 2.63. The third kappa shape index (κ3) is 4.99. The summed E-state index contributed by atoms with van der Waals surface area (Å²) in [6, 6.07) is 0. The molecule has 0 spiro atoms. The maximum absolute atomic E-state index is 10.5. The van der Waals surface area contributed by atoms with Gasteiger partial charge in [-0.1, -0.05) is 13.8 Å². The highest BCUT2D eigenvalue weighted by atomic mass is 16.4. The van der Waals surface area contributed by atoms with Gasteiger partial charge < -0.3 is 5.11 Å². The van der Waals surface area contributed by atoms with E-state index in [1.807, 2.05) is 24.0 Å². The van der Waals surface area contributed by atoms with Crippen LogP contribution in [0.15, 0.2) is 12.4 Å². The number of nitrogens with zero attached hydrogens (tertiary/aromatic N) is 3. The molecular weight excluding hydrogens is 218 g/mol. The van der Waals surface area contributed by atoms with Crippen LogP contribution in [-0.4, -0.2) is 38.8 Å². The summed E-state index contributed by atoms with van der Waals surface area (Å²) in [5.74, 6) is -0.745. The second kappa shape index (κ2) is 7.06. The first-order chi connectivity index (χ1) is 8.15. The highest BCUT2D eigenvalue weighted by molar-refractivity contribution is 5.66. The number of aliphatic carboxylic acids is 1. The number of carboxylic acid groups (broad SMARTS) is 1. The molecule has 0 fully saturated rings. The minimum atomic E-state index is -0.745. The summed E-state index contributed by atoms with van der Waals surface area (Å²) < 4.78 is 1.93.